The van der Waals surface area contributed by atoms with Gasteiger partial charge in [0, 0.05) is 6.42 Å². The van der Waals surface area contributed by atoms with Crippen molar-refractivity contribution in [1.82, 2.24) is 25.6 Å². The Morgan fingerprint density at radius 3 is 2.49 bits per heavy atom. The van der Waals surface area contributed by atoms with Gasteiger partial charge in [0.25, 0.3) is 0 Å². The van der Waals surface area contributed by atoms with Crippen LogP contribution in [0.3, 0.4) is 0 Å². The Labute approximate surface area is 211 Å². The van der Waals surface area contributed by atoms with Gasteiger partial charge in [-0.15, -0.1) is 5.10 Å². The third-order valence-electron chi connectivity index (χ3n) is 6.44. The van der Waals surface area contributed by atoms with Crippen molar-refractivity contribution in [2.75, 3.05) is 6.54 Å². The number of aromatic amines is 1. The molecule has 4 rings (SSSR count). The van der Waals surface area contributed by atoms with Crippen molar-refractivity contribution < 1.29 is 27.2 Å². The van der Waals surface area contributed by atoms with Crippen LogP contribution in [-0.2, 0) is 22.2 Å². The van der Waals surface area contributed by atoms with Gasteiger partial charge >= 0.3 is 6.18 Å². The first-order valence-electron chi connectivity index (χ1n) is 11.9. The molecule has 0 saturated carbocycles. The van der Waals surface area contributed by atoms with Crippen molar-refractivity contribution in [2.45, 2.75) is 57.0 Å². The Morgan fingerprint density at radius 1 is 1.14 bits per heavy atom. The molecule has 0 radical (unpaired) electrons. The van der Waals surface area contributed by atoms with E-state index >= 15 is 0 Å². The summed E-state index contributed by atoms with van der Waals surface area (Å²) in [7, 11) is 0. The number of amides is 2. The summed E-state index contributed by atoms with van der Waals surface area (Å²) < 4.78 is 56.1. The molecule has 7 nitrogen and oxygen atoms in total. The van der Waals surface area contributed by atoms with Crippen LogP contribution < -0.4 is 5.32 Å². The second kappa shape index (κ2) is 10.7. The Morgan fingerprint density at radius 2 is 1.86 bits per heavy atom. The van der Waals surface area contributed by atoms with Gasteiger partial charge in [0.15, 0.2) is 0 Å². The quantitative estimate of drug-likeness (QED) is 0.457. The number of benzene rings is 2. The number of rotatable bonds is 7. The lowest BCUT2D eigenvalue weighted by molar-refractivity contribution is -0.138. The summed E-state index contributed by atoms with van der Waals surface area (Å²) in [6, 6.07) is 10.5. The maximum Gasteiger partial charge on any atom is 0.416 e. The number of hydrogen-bond acceptors (Lipinski definition) is 4. The molecule has 0 unspecified atom stereocenters. The number of nitrogens with one attached hydrogen (secondary N) is 2. The van der Waals surface area contributed by atoms with Crippen molar-refractivity contribution >= 4 is 11.8 Å². The first-order chi connectivity index (χ1) is 17.5. The van der Waals surface area contributed by atoms with Crippen molar-refractivity contribution in [3.8, 4) is 0 Å². The van der Waals surface area contributed by atoms with E-state index in [1.165, 1.54) is 12.3 Å². The number of hydrogen-bond donors (Lipinski definition) is 2. The molecule has 1 aromatic heterocycles. The number of carbonyl (C=O) groups excluding carboxylic acids is 2. The first kappa shape index (κ1) is 26.3. The van der Waals surface area contributed by atoms with Gasteiger partial charge in [-0.05, 0) is 28.7 Å². The molecule has 2 amide bonds. The molecule has 11 heteroatoms. The smallest absolute Gasteiger partial charge is 0.343 e. The summed E-state index contributed by atoms with van der Waals surface area (Å²) in [6.07, 6.45) is -4.98. The lowest BCUT2D eigenvalue weighted by Crippen LogP contribution is -2.47. The molecule has 196 valence electrons. The second-order valence-corrected chi connectivity index (χ2v) is 9.40. The van der Waals surface area contributed by atoms with Crippen LogP contribution in [0.25, 0.3) is 0 Å². The van der Waals surface area contributed by atoms with Crippen molar-refractivity contribution in [3.63, 3.8) is 0 Å². The van der Waals surface area contributed by atoms with Crippen LogP contribution in [0.4, 0.5) is 17.6 Å². The lowest BCUT2D eigenvalue weighted by Gasteiger charge is -2.27. The van der Waals surface area contributed by atoms with E-state index in [-0.39, 0.29) is 36.4 Å². The first-order valence-corrected chi connectivity index (χ1v) is 11.9. The van der Waals surface area contributed by atoms with E-state index in [0.717, 1.165) is 11.0 Å². The summed E-state index contributed by atoms with van der Waals surface area (Å²) in [5.74, 6) is -1.49. The van der Waals surface area contributed by atoms with Crippen molar-refractivity contribution in [1.29, 1.82) is 0 Å². The SMILES string of the molecule is CC(C)c1ccc([C@@H](NC(=O)[C@@H]2C[C@@H](F)CN2C(=O)Cc2cnn[nH]2)c2ccccc2)cc1C(F)(F)F. The maximum atomic E-state index is 14.4. The van der Waals surface area contributed by atoms with Gasteiger partial charge in [-0.1, -0.05) is 61.5 Å². The van der Waals surface area contributed by atoms with Crippen LogP contribution in [0, 0.1) is 0 Å². The predicted octanol–water partition coefficient (Wildman–Crippen LogP) is 4.33. The summed E-state index contributed by atoms with van der Waals surface area (Å²) in [5.41, 5.74) is 0.573. The van der Waals surface area contributed by atoms with Crippen molar-refractivity contribution in [3.05, 3.63) is 82.7 Å². The van der Waals surface area contributed by atoms with Gasteiger partial charge in [-0.3, -0.25) is 14.7 Å². The van der Waals surface area contributed by atoms with Crippen LogP contribution in [0.5, 0.6) is 0 Å². The van der Waals surface area contributed by atoms with Gasteiger partial charge in [0.2, 0.25) is 11.8 Å². The Bertz CT molecular complexity index is 1230. The Balaban J connectivity index is 1.65. The highest BCUT2D eigenvalue weighted by Crippen LogP contribution is 2.38. The highest BCUT2D eigenvalue weighted by atomic mass is 19.4. The van der Waals surface area contributed by atoms with E-state index < -0.39 is 41.8 Å². The zero-order valence-corrected chi connectivity index (χ0v) is 20.3. The van der Waals surface area contributed by atoms with Crippen LogP contribution in [-0.4, -0.2) is 50.9 Å². The average Bonchev–Trinajstić information content (AvgIpc) is 3.51. The number of halogens is 4. The number of alkyl halides is 4. The van der Waals surface area contributed by atoms with Gasteiger partial charge in [-0.2, -0.15) is 13.2 Å². The van der Waals surface area contributed by atoms with Crippen LogP contribution >= 0.6 is 0 Å². The molecule has 1 fully saturated rings. The van der Waals surface area contributed by atoms with Crippen LogP contribution in [0.15, 0.2) is 54.7 Å². The monoisotopic (exact) mass is 517 g/mol. The highest BCUT2D eigenvalue weighted by molar-refractivity contribution is 5.89. The number of H-pyrrole nitrogens is 1. The van der Waals surface area contributed by atoms with E-state index in [1.54, 1.807) is 50.2 Å². The molecule has 3 aromatic rings. The van der Waals surface area contributed by atoms with Gasteiger partial charge in [0.1, 0.15) is 12.2 Å². The van der Waals surface area contributed by atoms with Crippen LogP contribution in [0.1, 0.15) is 60.2 Å². The Kier molecular flexibility index (Phi) is 7.60. The molecule has 2 aromatic carbocycles. The minimum atomic E-state index is -4.58. The fraction of sp³-hybridized carbons (Fsp3) is 0.385. The molecular weight excluding hydrogens is 490 g/mol. The molecule has 0 bridgehead atoms. The molecule has 3 atom stereocenters. The molecule has 0 spiro atoms. The third-order valence-corrected chi connectivity index (χ3v) is 6.44. The molecular formula is C26H27F4N5O2. The molecule has 2 heterocycles. The zero-order valence-electron chi connectivity index (χ0n) is 20.3. The summed E-state index contributed by atoms with van der Waals surface area (Å²) in [4.78, 5) is 27.4. The maximum absolute atomic E-state index is 14.4. The molecule has 1 saturated heterocycles. The normalized spacial score (nSPS) is 18.7. The largest absolute Gasteiger partial charge is 0.416 e. The third kappa shape index (κ3) is 5.98. The molecule has 0 aliphatic carbocycles. The summed E-state index contributed by atoms with van der Waals surface area (Å²) >= 11 is 0. The van der Waals surface area contributed by atoms with Gasteiger partial charge in [0.05, 0.1) is 36.5 Å². The topological polar surface area (TPSA) is 91.0 Å². The van der Waals surface area contributed by atoms with E-state index in [1.807, 2.05) is 0 Å². The number of nitrogens with zero attached hydrogens (tertiary/aromatic N) is 3. The molecule has 1 aliphatic rings. The fourth-order valence-electron chi connectivity index (χ4n) is 4.62. The molecule has 2 N–H and O–H groups in total. The lowest BCUT2D eigenvalue weighted by atomic mass is 9.90. The summed E-state index contributed by atoms with van der Waals surface area (Å²) in [5, 5.41) is 12.5. The second-order valence-electron chi connectivity index (χ2n) is 9.40. The molecule has 1 aliphatic heterocycles. The molecule has 37 heavy (non-hydrogen) atoms. The minimum absolute atomic E-state index is 0.142. The minimum Gasteiger partial charge on any atom is -0.343 e. The summed E-state index contributed by atoms with van der Waals surface area (Å²) in [6.45, 7) is 3.11. The number of likely N-dealkylation sites (tertiary alicyclic amines) is 1. The van der Waals surface area contributed by atoms with Crippen LogP contribution in [0.2, 0.25) is 0 Å². The number of aromatic nitrogens is 3. The standard InChI is InChI=1S/C26H27F4N5O2/c1-15(2)20-9-8-17(10-21(20)26(28,29)30)24(16-6-4-3-5-7-16)32-25(37)22-11-18(27)14-35(22)23(36)12-19-13-31-34-33-19/h3-10,13,15,18,22,24H,11-12,14H2,1-2H3,(H,32,37)(H,31,33,34)/t18-,22+,24+/m1/s1. The van der Waals surface area contributed by atoms with E-state index in [4.69, 9.17) is 0 Å². The van der Waals surface area contributed by atoms with Gasteiger partial charge in [-0.25, -0.2) is 4.39 Å². The fourth-order valence-corrected chi connectivity index (χ4v) is 4.62. The number of carbonyl (C=O) groups is 2. The van der Waals surface area contributed by atoms with E-state index in [9.17, 15) is 27.2 Å². The van der Waals surface area contributed by atoms with E-state index in [2.05, 4.69) is 20.7 Å². The highest BCUT2D eigenvalue weighted by Gasteiger charge is 2.41. The average molecular weight is 518 g/mol. The van der Waals surface area contributed by atoms with Crippen molar-refractivity contribution in [2.24, 2.45) is 0 Å². The predicted molar refractivity (Wildman–Crippen MR) is 127 cm³/mol. The Hall–Kier alpha value is -3.76. The van der Waals surface area contributed by atoms with Gasteiger partial charge < -0.3 is 10.2 Å². The zero-order chi connectivity index (χ0) is 26.7. The van der Waals surface area contributed by atoms with E-state index in [0.29, 0.717) is 11.3 Å².